The number of hydrogen-bond donors (Lipinski definition) is 1. The predicted octanol–water partition coefficient (Wildman–Crippen LogP) is 2.25. The Morgan fingerprint density at radius 3 is 2.12 bits per heavy atom. The molecular formula is C14H26N2. The molecule has 3 aliphatic rings. The quantitative estimate of drug-likeness (QED) is 0.677. The van der Waals surface area contributed by atoms with Gasteiger partial charge in [0.15, 0.2) is 0 Å². The molecule has 2 heteroatoms. The normalized spacial score (nSPS) is 25.7. The third-order valence-electron chi connectivity index (χ3n) is 4.51. The largest absolute Gasteiger partial charge is 0.312 e. The topological polar surface area (TPSA) is 15.3 Å². The van der Waals surface area contributed by atoms with Crippen molar-refractivity contribution >= 4 is 0 Å². The molecule has 0 aromatic rings. The SMILES string of the molecule is CCN(CCNC(C1CC1)C1CC1)C1CC1. The zero-order valence-electron chi connectivity index (χ0n) is 10.6. The summed E-state index contributed by atoms with van der Waals surface area (Å²) in [5.41, 5.74) is 0. The summed E-state index contributed by atoms with van der Waals surface area (Å²) in [4.78, 5) is 2.66. The van der Waals surface area contributed by atoms with E-state index in [0.29, 0.717) is 0 Å². The van der Waals surface area contributed by atoms with E-state index in [-0.39, 0.29) is 0 Å². The van der Waals surface area contributed by atoms with E-state index in [4.69, 9.17) is 0 Å². The molecule has 2 nitrogen and oxygen atoms in total. The molecule has 3 fully saturated rings. The van der Waals surface area contributed by atoms with Gasteiger partial charge >= 0.3 is 0 Å². The number of nitrogens with zero attached hydrogens (tertiary/aromatic N) is 1. The van der Waals surface area contributed by atoms with Crippen LogP contribution in [0.5, 0.6) is 0 Å². The van der Waals surface area contributed by atoms with Gasteiger partial charge in [-0.25, -0.2) is 0 Å². The molecule has 0 aromatic carbocycles. The summed E-state index contributed by atoms with van der Waals surface area (Å²) < 4.78 is 0. The van der Waals surface area contributed by atoms with Crippen LogP contribution in [0.25, 0.3) is 0 Å². The van der Waals surface area contributed by atoms with Crippen molar-refractivity contribution in [3.05, 3.63) is 0 Å². The maximum Gasteiger partial charge on any atom is 0.0124 e. The van der Waals surface area contributed by atoms with Gasteiger partial charge < -0.3 is 5.32 Å². The van der Waals surface area contributed by atoms with E-state index in [1.54, 1.807) is 0 Å². The van der Waals surface area contributed by atoms with Gasteiger partial charge in [-0.2, -0.15) is 0 Å². The van der Waals surface area contributed by atoms with E-state index in [1.165, 1.54) is 58.2 Å². The Bertz CT molecular complexity index is 217. The maximum absolute atomic E-state index is 3.85. The monoisotopic (exact) mass is 222 g/mol. The Kier molecular flexibility index (Phi) is 3.21. The van der Waals surface area contributed by atoms with Crippen LogP contribution in [0.2, 0.25) is 0 Å². The van der Waals surface area contributed by atoms with Crippen molar-refractivity contribution in [1.82, 2.24) is 10.2 Å². The second-order valence-corrected chi connectivity index (χ2v) is 6.01. The molecule has 3 saturated carbocycles. The lowest BCUT2D eigenvalue weighted by atomic mass is 10.1. The number of nitrogens with one attached hydrogen (secondary N) is 1. The Balaban J connectivity index is 1.37. The highest BCUT2D eigenvalue weighted by Crippen LogP contribution is 2.44. The molecule has 0 saturated heterocycles. The van der Waals surface area contributed by atoms with E-state index in [9.17, 15) is 0 Å². The van der Waals surface area contributed by atoms with Crippen LogP contribution in [-0.4, -0.2) is 36.6 Å². The Labute approximate surface area is 99.8 Å². The molecule has 0 heterocycles. The van der Waals surface area contributed by atoms with Crippen LogP contribution in [0.1, 0.15) is 45.4 Å². The van der Waals surface area contributed by atoms with Crippen LogP contribution < -0.4 is 5.32 Å². The van der Waals surface area contributed by atoms with Crippen LogP contribution >= 0.6 is 0 Å². The van der Waals surface area contributed by atoms with Crippen molar-refractivity contribution in [3.8, 4) is 0 Å². The second kappa shape index (κ2) is 4.66. The number of likely N-dealkylation sites (N-methyl/N-ethyl adjacent to an activating group) is 1. The molecule has 3 rings (SSSR count). The molecule has 16 heavy (non-hydrogen) atoms. The molecular weight excluding hydrogens is 196 g/mol. The maximum atomic E-state index is 3.85. The van der Waals surface area contributed by atoms with Gasteiger partial charge in [0.05, 0.1) is 0 Å². The van der Waals surface area contributed by atoms with Crippen LogP contribution in [0.4, 0.5) is 0 Å². The van der Waals surface area contributed by atoms with Crippen molar-refractivity contribution < 1.29 is 0 Å². The standard InChI is InChI=1S/C14H26N2/c1-2-16(13-7-8-13)10-9-15-14(11-3-4-11)12-5-6-12/h11-15H,2-10H2,1H3. The van der Waals surface area contributed by atoms with Gasteiger partial charge in [-0.15, -0.1) is 0 Å². The Morgan fingerprint density at radius 1 is 1.06 bits per heavy atom. The lowest BCUT2D eigenvalue weighted by Crippen LogP contribution is -2.40. The van der Waals surface area contributed by atoms with Gasteiger partial charge in [0, 0.05) is 25.2 Å². The highest BCUT2D eigenvalue weighted by molar-refractivity contribution is 4.96. The average Bonchev–Trinajstić information content (AvgIpc) is 3.17. The minimum Gasteiger partial charge on any atom is -0.312 e. The highest BCUT2D eigenvalue weighted by Gasteiger charge is 2.41. The molecule has 92 valence electrons. The number of rotatable bonds is 8. The lowest BCUT2D eigenvalue weighted by Gasteiger charge is -2.23. The molecule has 0 radical (unpaired) electrons. The van der Waals surface area contributed by atoms with Gasteiger partial charge in [-0.3, -0.25) is 4.90 Å². The summed E-state index contributed by atoms with van der Waals surface area (Å²) in [6.07, 6.45) is 8.87. The summed E-state index contributed by atoms with van der Waals surface area (Å²) >= 11 is 0. The molecule has 0 spiro atoms. The van der Waals surface area contributed by atoms with Crippen LogP contribution in [-0.2, 0) is 0 Å². The fraction of sp³-hybridized carbons (Fsp3) is 1.00. The predicted molar refractivity (Wildman–Crippen MR) is 67.5 cm³/mol. The van der Waals surface area contributed by atoms with Crippen molar-refractivity contribution in [2.75, 3.05) is 19.6 Å². The first-order chi connectivity index (χ1) is 7.88. The second-order valence-electron chi connectivity index (χ2n) is 6.01. The molecule has 0 aromatic heterocycles. The van der Waals surface area contributed by atoms with Gasteiger partial charge in [-0.1, -0.05) is 6.92 Å². The van der Waals surface area contributed by atoms with E-state index in [2.05, 4.69) is 17.1 Å². The molecule has 3 aliphatic carbocycles. The molecule has 0 amide bonds. The van der Waals surface area contributed by atoms with Crippen LogP contribution in [0, 0.1) is 11.8 Å². The van der Waals surface area contributed by atoms with E-state index in [1.807, 2.05) is 0 Å². The Morgan fingerprint density at radius 2 is 1.69 bits per heavy atom. The first-order valence-electron chi connectivity index (χ1n) is 7.36. The Hall–Kier alpha value is -0.0800. The third kappa shape index (κ3) is 2.78. The van der Waals surface area contributed by atoms with Gasteiger partial charge in [0.2, 0.25) is 0 Å². The first-order valence-corrected chi connectivity index (χ1v) is 7.36. The number of hydrogen-bond acceptors (Lipinski definition) is 2. The summed E-state index contributed by atoms with van der Waals surface area (Å²) in [6.45, 7) is 6.04. The van der Waals surface area contributed by atoms with Crippen molar-refractivity contribution in [2.45, 2.75) is 57.5 Å². The summed E-state index contributed by atoms with van der Waals surface area (Å²) in [5, 5.41) is 3.85. The summed E-state index contributed by atoms with van der Waals surface area (Å²) in [6, 6.07) is 1.82. The zero-order valence-corrected chi connectivity index (χ0v) is 10.6. The van der Waals surface area contributed by atoms with E-state index in [0.717, 1.165) is 23.9 Å². The molecule has 0 bridgehead atoms. The molecule has 0 unspecified atom stereocenters. The lowest BCUT2D eigenvalue weighted by molar-refractivity contribution is 0.266. The summed E-state index contributed by atoms with van der Waals surface area (Å²) in [7, 11) is 0. The van der Waals surface area contributed by atoms with Crippen molar-refractivity contribution in [1.29, 1.82) is 0 Å². The minimum atomic E-state index is 0.887. The van der Waals surface area contributed by atoms with Crippen molar-refractivity contribution in [2.24, 2.45) is 11.8 Å². The fourth-order valence-electron chi connectivity index (χ4n) is 3.04. The smallest absolute Gasteiger partial charge is 0.0124 e. The highest BCUT2D eigenvalue weighted by atomic mass is 15.2. The minimum absolute atomic E-state index is 0.887. The van der Waals surface area contributed by atoms with Crippen molar-refractivity contribution in [3.63, 3.8) is 0 Å². The van der Waals surface area contributed by atoms with Crippen LogP contribution in [0.15, 0.2) is 0 Å². The van der Waals surface area contributed by atoms with Crippen LogP contribution in [0.3, 0.4) is 0 Å². The van der Waals surface area contributed by atoms with Gasteiger partial charge in [0.25, 0.3) is 0 Å². The zero-order chi connectivity index (χ0) is 11.0. The molecule has 1 N–H and O–H groups in total. The van der Waals surface area contributed by atoms with E-state index < -0.39 is 0 Å². The van der Waals surface area contributed by atoms with E-state index >= 15 is 0 Å². The molecule has 0 atom stereocenters. The molecule has 0 aliphatic heterocycles. The summed E-state index contributed by atoms with van der Waals surface area (Å²) in [5.74, 6) is 2.09. The third-order valence-corrected chi connectivity index (χ3v) is 4.51. The van der Waals surface area contributed by atoms with Gasteiger partial charge in [0.1, 0.15) is 0 Å². The first kappa shape index (κ1) is 11.0. The van der Waals surface area contributed by atoms with Gasteiger partial charge in [-0.05, 0) is 56.9 Å². The average molecular weight is 222 g/mol. The fourth-order valence-corrected chi connectivity index (χ4v) is 3.04.